The third-order valence-electron chi connectivity index (χ3n) is 8.85. The number of hydrogen-bond acceptors (Lipinski definition) is 12. The van der Waals surface area contributed by atoms with E-state index in [1.165, 1.54) is 45.5 Å². The number of methoxy groups -OCH3 is 4. The number of pyridine rings is 2. The SMILES string of the molecule is COC(=O)c1c(C(=O)OC)c2cc(-c3ccn4c(C(=O)c5ccc([N+](=O)[O-])cc5)c(C(=O)OC)c(C(=O)OC)c4c3)ccn2c1C(=O)c1ccc(C)cc1. The van der Waals surface area contributed by atoms with Crippen LogP contribution < -0.4 is 0 Å². The lowest BCUT2D eigenvalue weighted by Crippen LogP contribution is -2.15. The van der Waals surface area contributed by atoms with Crippen molar-refractivity contribution in [3.05, 3.63) is 146 Å². The fourth-order valence-electron chi connectivity index (χ4n) is 6.25. The van der Waals surface area contributed by atoms with Crippen molar-refractivity contribution in [2.24, 2.45) is 0 Å². The Morgan fingerprint density at radius 1 is 0.537 bits per heavy atom. The van der Waals surface area contributed by atoms with Crippen molar-refractivity contribution in [1.82, 2.24) is 8.80 Å². The fraction of sp³-hybridized carbons (Fsp3) is 0.128. The zero-order valence-electron chi connectivity index (χ0n) is 29.3. The summed E-state index contributed by atoms with van der Waals surface area (Å²) in [6.07, 6.45) is 2.91. The van der Waals surface area contributed by atoms with Crippen LogP contribution >= 0.6 is 0 Å². The number of aryl methyl sites for hydroxylation is 1. The van der Waals surface area contributed by atoms with Gasteiger partial charge in [0.1, 0.15) is 33.6 Å². The maximum Gasteiger partial charge on any atom is 0.341 e. The first-order valence-corrected chi connectivity index (χ1v) is 16.0. The second kappa shape index (κ2) is 14.3. The van der Waals surface area contributed by atoms with Crippen LogP contribution in [0.1, 0.15) is 79.1 Å². The van der Waals surface area contributed by atoms with Gasteiger partial charge in [-0.25, -0.2) is 19.2 Å². The Hall–Kier alpha value is -7.42. The molecule has 54 heavy (non-hydrogen) atoms. The molecule has 0 atom stereocenters. The number of ether oxygens (including phenoxy) is 4. The molecule has 15 heteroatoms. The van der Waals surface area contributed by atoms with E-state index in [0.717, 1.165) is 46.1 Å². The van der Waals surface area contributed by atoms with Crippen LogP contribution in [0.25, 0.3) is 22.2 Å². The molecule has 6 aromatic rings. The molecule has 0 unspecified atom stereocenters. The van der Waals surface area contributed by atoms with Crippen LogP contribution in [0.3, 0.4) is 0 Å². The van der Waals surface area contributed by atoms with Crippen molar-refractivity contribution in [2.45, 2.75) is 6.92 Å². The molecule has 0 N–H and O–H groups in total. The van der Waals surface area contributed by atoms with Crippen molar-refractivity contribution >= 4 is 52.2 Å². The minimum absolute atomic E-state index is 0.0166. The Bertz CT molecular complexity index is 2580. The highest BCUT2D eigenvalue weighted by molar-refractivity contribution is 6.21. The standard InChI is InChI=1S/C39H29N3O12/c1-20-6-8-21(9-7-20)34(43)32-30(38(47)53-4)28(36(45)51-2)26-18-23(14-16-40(26)32)24-15-17-41-27(19-24)29(37(46)52-3)31(39(48)54-5)33(41)35(44)22-10-12-25(13-11-22)42(49)50/h6-19H,1-5H3. The van der Waals surface area contributed by atoms with Crippen molar-refractivity contribution in [1.29, 1.82) is 0 Å². The van der Waals surface area contributed by atoms with Gasteiger partial charge in [0.05, 0.1) is 44.4 Å². The molecule has 4 heterocycles. The molecule has 0 aliphatic heterocycles. The summed E-state index contributed by atoms with van der Waals surface area (Å²) in [6.45, 7) is 1.85. The van der Waals surface area contributed by atoms with Gasteiger partial charge in [0, 0.05) is 35.7 Å². The van der Waals surface area contributed by atoms with Crippen molar-refractivity contribution < 1.29 is 52.6 Å². The molecule has 15 nitrogen and oxygen atoms in total. The quantitative estimate of drug-likeness (QED) is 0.0551. The van der Waals surface area contributed by atoms with Gasteiger partial charge in [-0.05, 0) is 54.4 Å². The molecule has 0 radical (unpaired) electrons. The van der Waals surface area contributed by atoms with Crippen LogP contribution in [-0.4, -0.2) is 77.6 Å². The highest BCUT2D eigenvalue weighted by Gasteiger charge is 2.35. The summed E-state index contributed by atoms with van der Waals surface area (Å²) in [6, 6.07) is 17.5. The smallest absolute Gasteiger partial charge is 0.341 e. The first kappa shape index (κ1) is 36.4. The number of rotatable bonds is 10. The minimum atomic E-state index is -1.02. The lowest BCUT2D eigenvalue weighted by molar-refractivity contribution is -0.384. The highest BCUT2D eigenvalue weighted by atomic mass is 16.6. The van der Waals surface area contributed by atoms with E-state index < -0.39 is 45.9 Å². The first-order valence-electron chi connectivity index (χ1n) is 16.0. The summed E-state index contributed by atoms with van der Waals surface area (Å²) in [5.74, 6) is -5.17. The second-order valence-corrected chi connectivity index (χ2v) is 11.8. The van der Waals surface area contributed by atoms with Gasteiger partial charge < -0.3 is 27.7 Å². The molecular formula is C39H29N3O12. The lowest BCUT2D eigenvalue weighted by atomic mass is 10.0. The summed E-state index contributed by atoms with van der Waals surface area (Å²) in [5.41, 5.74) is 0.213. The summed E-state index contributed by atoms with van der Waals surface area (Å²) in [7, 11) is 4.41. The lowest BCUT2D eigenvalue weighted by Gasteiger charge is -2.09. The van der Waals surface area contributed by atoms with Crippen LogP contribution in [0.2, 0.25) is 0 Å². The Kier molecular flexibility index (Phi) is 9.63. The summed E-state index contributed by atoms with van der Waals surface area (Å²) in [5, 5.41) is 11.2. The Morgan fingerprint density at radius 3 is 1.24 bits per heavy atom. The first-order chi connectivity index (χ1) is 25.9. The molecule has 2 aromatic carbocycles. The minimum Gasteiger partial charge on any atom is -0.465 e. The molecule has 0 saturated heterocycles. The van der Waals surface area contributed by atoms with Gasteiger partial charge in [-0.3, -0.25) is 19.7 Å². The predicted molar refractivity (Wildman–Crippen MR) is 190 cm³/mol. The zero-order valence-corrected chi connectivity index (χ0v) is 29.3. The maximum atomic E-state index is 14.0. The van der Waals surface area contributed by atoms with E-state index in [4.69, 9.17) is 18.9 Å². The average molecular weight is 732 g/mol. The predicted octanol–water partition coefficient (Wildman–Crippen LogP) is 5.68. The van der Waals surface area contributed by atoms with Crippen LogP contribution in [0.4, 0.5) is 5.69 Å². The van der Waals surface area contributed by atoms with Crippen LogP contribution in [-0.2, 0) is 18.9 Å². The molecule has 0 amide bonds. The van der Waals surface area contributed by atoms with Crippen LogP contribution in [0, 0.1) is 17.0 Å². The fourth-order valence-corrected chi connectivity index (χ4v) is 6.25. The normalized spacial score (nSPS) is 10.9. The highest BCUT2D eigenvalue weighted by Crippen LogP contribution is 2.34. The molecule has 6 rings (SSSR count). The monoisotopic (exact) mass is 731 g/mol. The number of hydrogen-bond donors (Lipinski definition) is 0. The van der Waals surface area contributed by atoms with Crippen LogP contribution in [0.15, 0.2) is 85.2 Å². The number of carbonyl (C=O) groups excluding carboxylic acids is 6. The van der Waals surface area contributed by atoms with Gasteiger partial charge in [-0.15, -0.1) is 0 Å². The van der Waals surface area contributed by atoms with E-state index in [1.54, 1.807) is 36.4 Å². The number of non-ortho nitro benzene ring substituents is 1. The third-order valence-corrected chi connectivity index (χ3v) is 8.85. The summed E-state index contributed by atoms with van der Waals surface area (Å²) in [4.78, 5) is 91.6. The molecular weight excluding hydrogens is 702 g/mol. The second-order valence-electron chi connectivity index (χ2n) is 11.8. The largest absolute Gasteiger partial charge is 0.465 e. The van der Waals surface area contributed by atoms with Gasteiger partial charge in [-0.1, -0.05) is 29.8 Å². The number of ketones is 2. The zero-order chi connectivity index (χ0) is 39.0. The van der Waals surface area contributed by atoms with E-state index in [-0.39, 0.29) is 55.9 Å². The number of nitro groups is 1. The van der Waals surface area contributed by atoms with Gasteiger partial charge in [0.2, 0.25) is 11.6 Å². The Labute approximate surface area is 305 Å². The molecule has 0 bridgehead atoms. The summed E-state index contributed by atoms with van der Waals surface area (Å²) >= 11 is 0. The van der Waals surface area contributed by atoms with E-state index in [2.05, 4.69) is 0 Å². The number of benzene rings is 2. The van der Waals surface area contributed by atoms with Gasteiger partial charge >= 0.3 is 23.9 Å². The maximum absolute atomic E-state index is 14.0. The van der Waals surface area contributed by atoms with Crippen molar-refractivity contribution in [2.75, 3.05) is 28.4 Å². The van der Waals surface area contributed by atoms with Gasteiger partial charge in [0.25, 0.3) is 5.69 Å². The summed E-state index contributed by atoms with van der Waals surface area (Å²) < 4.78 is 22.7. The van der Waals surface area contributed by atoms with Gasteiger partial charge in [0.15, 0.2) is 0 Å². The molecule has 0 aliphatic carbocycles. The van der Waals surface area contributed by atoms with E-state index in [9.17, 15) is 38.9 Å². The van der Waals surface area contributed by atoms with Crippen molar-refractivity contribution in [3.8, 4) is 11.1 Å². The third kappa shape index (κ3) is 6.02. The number of fused-ring (bicyclic) bond motifs is 2. The van der Waals surface area contributed by atoms with E-state index >= 15 is 0 Å². The van der Waals surface area contributed by atoms with E-state index in [0.29, 0.717) is 11.1 Å². The molecule has 0 fully saturated rings. The molecule has 272 valence electrons. The number of carbonyl (C=O) groups is 6. The van der Waals surface area contributed by atoms with Gasteiger partial charge in [-0.2, -0.15) is 0 Å². The number of aromatic nitrogens is 2. The average Bonchev–Trinajstić information content (AvgIpc) is 3.72. The molecule has 4 aromatic heterocycles. The topological polar surface area (TPSA) is 191 Å². The van der Waals surface area contributed by atoms with Crippen molar-refractivity contribution in [3.63, 3.8) is 0 Å². The molecule has 0 aliphatic rings. The van der Waals surface area contributed by atoms with Crippen LogP contribution in [0.5, 0.6) is 0 Å². The number of nitro benzene ring substituents is 1. The molecule has 0 spiro atoms. The van der Waals surface area contributed by atoms with E-state index in [1.807, 2.05) is 6.92 Å². The Morgan fingerprint density at radius 2 is 0.889 bits per heavy atom. The number of nitrogens with zero attached hydrogens (tertiary/aromatic N) is 3. The Balaban J connectivity index is 1.61. The molecule has 0 saturated carbocycles. The number of esters is 4.